The molecule has 0 bridgehead atoms. The van der Waals surface area contributed by atoms with Gasteiger partial charge in [0, 0.05) is 34.1 Å². The van der Waals surface area contributed by atoms with Gasteiger partial charge in [-0.3, -0.25) is 0 Å². The summed E-state index contributed by atoms with van der Waals surface area (Å²) in [6.45, 7) is 4.31. The monoisotopic (exact) mass is 520 g/mol. The average Bonchev–Trinajstić information content (AvgIpc) is 3.00. The van der Waals surface area contributed by atoms with Crippen molar-refractivity contribution in [2.24, 2.45) is 11.8 Å². The van der Waals surface area contributed by atoms with Gasteiger partial charge in [0.15, 0.2) is 0 Å². The molecule has 2 nitrogen and oxygen atoms in total. The highest BCUT2D eigenvalue weighted by Gasteiger charge is 2.24. The van der Waals surface area contributed by atoms with Crippen LogP contribution >= 0.6 is 0 Å². The van der Waals surface area contributed by atoms with Crippen molar-refractivity contribution in [3.05, 3.63) is 168 Å². The van der Waals surface area contributed by atoms with Gasteiger partial charge in [0.25, 0.3) is 0 Å². The Bertz CT molecular complexity index is 1460. The van der Waals surface area contributed by atoms with Gasteiger partial charge >= 0.3 is 0 Å². The molecule has 2 aliphatic rings. The van der Waals surface area contributed by atoms with Crippen molar-refractivity contribution in [3.63, 3.8) is 0 Å². The van der Waals surface area contributed by atoms with Crippen LogP contribution in [0.4, 0.5) is 22.7 Å². The van der Waals surface area contributed by atoms with Gasteiger partial charge in [-0.2, -0.15) is 0 Å². The number of allylic oxidation sites excluding steroid dienone is 6. The number of hydrogen-bond acceptors (Lipinski definition) is 2. The van der Waals surface area contributed by atoms with E-state index in [9.17, 15) is 0 Å². The van der Waals surface area contributed by atoms with Crippen molar-refractivity contribution in [3.8, 4) is 0 Å². The zero-order valence-electron chi connectivity index (χ0n) is 23.3. The van der Waals surface area contributed by atoms with E-state index in [1.165, 1.54) is 45.3 Å². The fourth-order valence-electron chi connectivity index (χ4n) is 5.80. The Labute approximate surface area is 238 Å². The predicted molar refractivity (Wildman–Crippen MR) is 170 cm³/mol. The second-order valence-corrected chi connectivity index (χ2v) is 10.8. The highest BCUT2D eigenvalue weighted by atomic mass is 15.2. The number of hydrogen-bond donors (Lipinski definition) is 0. The van der Waals surface area contributed by atoms with Crippen molar-refractivity contribution in [2.75, 3.05) is 9.80 Å². The quantitative estimate of drug-likeness (QED) is 0.239. The molecule has 0 saturated carbocycles. The van der Waals surface area contributed by atoms with E-state index >= 15 is 0 Å². The minimum atomic E-state index is 0.483. The van der Waals surface area contributed by atoms with Gasteiger partial charge in [-0.1, -0.05) is 85.0 Å². The van der Waals surface area contributed by atoms with Crippen molar-refractivity contribution in [1.82, 2.24) is 0 Å². The van der Waals surface area contributed by atoms with Crippen LogP contribution < -0.4 is 9.80 Å². The summed E-state index contributed by atoms with van der Waals surface area (Å²) >= 11 is 0. The van der Waals surface area contributed by atoms with Crippen molar-refractivity contribution >= 4 is 22.7 Å². The molecule has 0 amide bonds. The van der Waals surface area contributed by atoms with Crippen LogP contribution in [0.2, 0.25) is 0 Å². The van der Waals surface area contributed by atoms with E-state index < -0.39 is 0 Å². The molecular weight excluding hydrogens is 484 g/mol. The van der Waals surface area contributed by atoms with Gasteiger partial charge in [0.05, 0.1) is 0 Å². The minimum absolute atomic E-state index is 0.483. The standard InChI is InChI=1S/C38H36N2/c1-29-11-9-17-37(27-29)39(33-13-5-3-6-14-33)35-23-19-31(20-24-35)32-21-25-36(26-22-32)40(34-15-7-4-8-16-34)38-18-10-12-30(2)28-38/h3-19,21,23-28,31-32H,20,22H2,1-2H3. The predicted octanol–water partition coefficient (Wildman–Crippen LogP) is 10.2. The van der Waals surface area contributed by atoms with Crippen LogP contribution in [0.5, 0.6) is 0 Å². The maximum Gasteiger partial charge on any atom is 0.0464 e. The summed E-state index contributed by atoms with van der Waals surface area (Å²) in [4.78, 5) is 4.74. The van der Waals surface area contributed by atoms with E-state index in [0.29, 0.717) is 11.8 Å². The number of rotatable bonds is 7. The normalized spacial score (nSPS) is 18.1. The molecule has 2 atom stereocenters. The molecule has 198 valence electrons. The molecule has 0 fully saturated rings. The maximum absolute atomic E-state index is 2.42. The van der Waals surface area contributed by atoms with Crippen LogP contribution in [0, 0.1) is 25.7 Å². The molecule has 0 heterocycles. The lowest BCUT2D eigenvalue weighted by Crippen LogP contribution is -2.22. The number of anilines is 4. The highest BCUT2D eigenvalue weighted by molar-refractivity contribution is 5.72. The third kappa shape index (κ3) is 5.58. The molecule has 0 spiro atoms. The van der Waals surface area contributed by atoms with E-state index in [0.717, 1.165) is 12.8 Å². The minimum Gasteiger partial charge on any atom is -0.311 e. The van der Waals surface area contributed by atoms with Crippen LogP contribution in [0.25, 0.3) is 0 Å². The summed E-state index contributed by atoms with van der Waals surface area (Å²) in [5, 5.41) is 0. The molecule has 2 aliphatic carbocycles. The summed E-state index contributed by atoms with van der Waals surface area (Å²) in [6.07, 6.45) is 16.4. The zero-order valence-corrected chi connectivity index (χ0v) is 23.3. The lowest BCUT2D eigenvalue weighted by Gasteiger charge is -2.32. The number of para-hydroxylation sites is 2. The van der Waals surface area contributed by atoms with Gasteiger partial charge in [0.2, 0.25) is 0 Å². The molecule has 0 aromatic heterocycles. The van der Waals surface area contributed by atoms with Gasteiger partial charge < -0.3 is 9.80 Å². The van der Waals surface area contributed by atoms with Gasteiger partial charge in [-0.05, 0) is 110 Å². The third-order valence-corrected chi connectivity index (χ3v) is 7.84. The average molecular weight is 521 g/mol. The van der Waals surface area contributed by atoms with Crippen molar-refractivity contribution in [2.45, 2.75) is 26.7 Å². The Hall–Kier alpha value is -4.56. The second kappa shape index (κ2) is 11.7. The Morgan fingerprint density at radius 1 is 0.475 bits per heavy atom. The van der Waals surface area contributed by atoms with Crippen LogP contribution in [0.1, 0.15) is 24.0 Å². The lowest BCUT2D eigenvalue weighted by atomic mass is 9.81. The second-order valence-electron chi connectivity index (χ2n) is 10.8. The molecule has 0 N–H and O–H groups in total. The van der Waals surface area contributed by atoms with Gasteiger partial charge in [-0.15, -0.1) is 0 Å². The van der Waals surface area contributed by atoms with E-state index in [2.05, 4.69) is 169 Å². The third-order valence-electron chi connectivity index (χ3n) is 7.84. The molecule has 0 saturated heterocycles. The fraction of sp³-hybridized carbons (Fsp3) is 0.158. The number of aryl methyl sites for hydroxylation is 2. The molecule has 2 unspecified atom stereocenters. The van der Waals surface area contributed by atoms with E-state index in [1.54, 1.807) is 0 Å². The van der Waals surface area contributed by atoms with Crippen LogP contribution in [0.15, 0.2) is 157 Å². The summed E-state index contributed by atoms with van der Waals surface area (Å²) < 4.78 is 0. The molecule has 40 heavy (non-hydrogen) atoms. The van der Waals surface area contributed by atoms with Crippen molar-refractivity contribution < 1.29 is 0 Å². The first-order valence-electron chi connectivity index (χ1n) is 14.3. The van der Waals surface area contributed by atoms with Crippen LogP contribution in [0.3, 0.4) is 0 Å². The first kappa shape index (κ1) is 25.7. The molecule has 0 radical (unpaired) electrons. The number of benzene rings is 4. The highest BCUT2D eigenvalue weighted by Crippen LogP contribution is 2.38. The van der Waals surface area contributed by atoms with E-state index in [-0.39, 0.29) is 0 Å². The maximum atomic E-state index is 2.42. The molecule has 6 rings (SSSR count). The Balaban J connectivity index is 1.21. The summed E-state index contributed by atoms with van der Waals surface area (Å²) in [6, 6.07) is 38.9. The topological polar surface area (TPSA) is 6.48 Å². The molecular formula is C38H36N2. The number of nitrogens with zero attached hydrogens (tertiary/aromatic N) is 2. The van der Waals surface area contributed by atoms with Crippen molar-refractivity contribution in [1.29, 1.82) is 0 Å². The summed E-state index contributed by atoms with van der Waals surface area (Å²) in [5.74, 6) is 0.967. The SMILES string of the molecule is Cc1cccc(N(C2=CCC(C3C=CC(N(c4ccccc4)c4cccc(C)c4)=CC3)C=C2)c2ccccc2)c1. The molecule has 0 aliphatic heterocycles. The molecule has 4 aromatic carbocycles. The lowest BCUT2D eigenvalue weighted by molar-refractivity contribution is 0.474. The Kier molecular flexibility index (Phi) is 7.50. The summed E-state index contributed by atoms with van der Waals surface area (Å²) in [7, 11) is 0. The smallest absolute Gasteiger partial charge is 0.0464 e. The van der Waals surface area contributed by atoms with Crippen LogP contribution in [-0.4, -0.2) is 0 Å². The molecule has 4 aromatic rings. The molecule has 2 heteroatoms. The van der Waals surface area contributed by atoms with E-state index in [4.69, 9.17) is 0 Å². The van der Waals surface area contributed by atoms with Gasteiger partial charge in [-0.25, -0.2) is 0 Å². The fourth-order valence-corrected chi connectivity index (χ4v) is 5.80. The zero-order chi connectivity index (χ0) is 27.3. The first-order chi connectivity index (χ1) is 19.7. The first-order valence-corrected chi connectivity index (χ1v) is 14.3. The van der Waals surface area contributed by atoms with Crippen LogP contribution in [-0.2, 0) is 0 Å². The Morgan fingerprint density at radius 3 is 1.23 bits per heavy atom. The largest absolute Gasteiger partial charge is 0.311 e. The summed E-state index contributed by atoms with van der Waals surface area (Å²) in [5.41, 5.74) is 9.77. The van der Waals surface area contributed by atoms with E-state index in [1.807, 2.05) is 0 Å². The van der Waals surface area contributed by atoms with Gasteiger partial charge in [0.1, 0.15) is 0 Å². The Morgan fingerprint density at radius 2 is 0.875 bits per heavy atom.